The van der Waals surface area contributed by atoms with Crippen LogP contribution < -0.4 is 10.5 Å². The molecule has 1 aliphatic rings. The molecule has 21 heavy (non-hydrogen) atoms. The number of aryl methyl sites for hydroxylation is 1. The van der Waals surface area contributed by atoms with Crippen molar-refractivity contribution in [1.29, 1.82) is 0 Å². The molecule has 1 aliphatic carbocycles. The van der Waals surface area contributed by atoms with Gasteiger partial charge in [-0.05, 0) is 38.3 Å². The molecular formula is C19H23NO. The average Bonchev–Trinajstić information content (AvgIpc) is 3.31. The highest BCUT2D eigenvalue weighted by molar-refractivity contribution is 5.45. The summed E-state index contributed by atoms with van der Waals surface area (Å²) in [6.07, 6.45) is 2.30. The van der Waals surface area contributed by atoms with Crippen molar-refractivity contribution < 1.29 is 4.74 Å². The summed E-state index contributed by atoms with van der Waals surface area (Å²) in [5.74, 6) is 0.929. The van der Waals surface area contributed by atoms with Crippen molar-refractivity contribution in [3.63, 3.8) is 0 Å². The third kappa shape index (κ3) is 2.56. The normalized spacial score (nSPS) is 17.3. The summed E-state index contributed by atoms with van der Waals surface area (Å²) in [5, 5.41) is 0. The van der Waals surface area contributed by atoms with E-state index in [1.165, 1.54) is 11.1 Å². The zero-order valence-electron chi connectivity index (χ0n) is 12.8. The van der Waals surface area contributed by atoms with E-state index in [2.05, 4.69) is 55.5 Å². The summed E-state index contributed by atoms with van der Waals surface area (Å²) in [5.41, 5.74) is 10.5. The van der Waals surface area contributed by atoms with Gasteiger partial charge in [0.05, 0.1) is 6.61 Å². The zero-order valence-corrected chi connectivity index (χ0v) is 12.8. The van der Waals surface area contributed by atoms with E-state index in [-0.39, 0.29) is 11.5 Å². The van der Waals surface area contributed by atoms with Crippen LogP contribution in [0, 0.1) is 6.92 Å². The van der Waals surface area contributed by atoms with Crippen LogP contribution in [0.3, 0.4) is 0 Å². The van der Waals surface area contributed by atoms with Gasteiger partial charge in [-0.2, -0.15) is 0 Å². The highest BCUT2D eigenvalue weighted by Crippen LogP contribution is 2.56. The van der Waals surface area contributed by atoms with Crippen LogP contribution in [0.4, 0.5) is 0 Å². The fraction of sp³-hybridized carbons (Fsp3) is 0.368. The molecule has 3 rings (SSSR count). The first-order valence-electron chi connectivity index (χ1n) is 7.72. The summed E-state index contributed by atoms with van der Waals surface area (Å²) in [4.78, 5) is 0. The molecule has 2 nitrogen and oxygen atoms in total. The smallest absolute Gasteiger partial charge is 0.124 e. The van der Waals surface area contributed by atoms with Crippen molar-refractivity contribution in [3.05, 3.63) is 65.2 Å². The van der Waals surface area contributed by atoms with Crippen molar-refractivity contribution in [2.75, 3.05) is 6.61 Å². The van der Waals surface area contributed by atoms with E-state index >= 15 is 0 Å². The minimum Gasteiger partial charge on any atom is -0.494 e. The van der Waals surface area contributed by atoms with Gasteiger partial charge in [-0.15, -0.1) is 0 Å². The third-order valence-electron chi connectivity index (χ3n) is 4.53. The highest BCUT2D eigenvalue weighted by Gasteiger charge is 2.50. The molecule has 0 saturated heterocycles. The lowest BCUT2D eigenvalue weighted by atomic mass is 9.83. The first-order chi connectivity index (χ1) is 10.2. The maximum absolute atomic E-state index is 6.69. The molecule has 0 bridgehead atoms. The zero-order chi connectivity index (χ0) is 14.9. The Morgan fingerprint density at radius 2 is 1.86 bits per heavy atom. The summed E-state index contributed by atoms with van der Waals surface area (Å²) in [6, 6.07) is 17.0. The average molecular weight is 281 g/mol. The Kier molecular flexibility index (Phi) is 3.73. The van der Waals surface area contributed by atoms with Crippen molar-refractivity contribution >= 4 is 0 Å². The van der Waals surface area contributed by atoms with Gasteiger partial charge < -0.3 is 10.5 Å². The molecule has 110 valence electrons. The van der Waals surface area contributed by atoms with Gasteiger partial charge in [0.1, 0.15) is 5.75 Å². The van der Waals surface area contributed by atoms with E-state index < -0.39 is 0 Å². The van der Waals surface area contributed by atoms with Crippen molar-refractivity contribution in [2.45, 2.75) is 38.1 Å². The molecular weight excluding hydrogens is 258 g/mol. The predicted octanol–water partition coefficient (Wildman–Crippen LogP) is 4.13. The Labute approximate surface area is 126 Å². The lowest BCUT2D eigenvalue weighted by Crippen LogP contribution is -2.27. The third-order valence-corrected chi connectivity index (χ3v) is 4.53. The molecule has 1 unspecified atom stereocenters. The molecule has 0 aromatic heterocycles. The molecule has 1 atom stereocenters. The lowest BCUT2D eigenvalue weighted by Gasteiger charge is -2.26. The van der Waals surface area contributed by atoms with Crippen molar-refractivity contribution in [2.24, 2.45) is 5.73 Å². The molecule has 1 fully saturated rings. The van der Waals surface area contributed by atoms with Gasteiger partial charge in [0, 0.05) is 17.0 Å². The fourth-order valence-corrected chi connectivity index (χ4v) is 3.18. The molecule has 2 aromatic carbocycles. The van der Waals surface area contributed by atoms with Gasteiger partial charge in [-0.1, -0.05) is 48.0 Å². The predicted molar refractivity (Wildman–Crippen MR) is 86.6 cm³/mol. The van der Waals surface area contributed by atoms with Gasteiger partial charge in [0.25, 0.3) is 0 Å². The fourth-order valence-electron chi connectivity index (χ4n) is 3.18. The number of hydrogen-bond acceptors (Lipinski definition) is 2. The van der Waals surface area contributed by atoms with Gasteiger partial charge in [0.15, 0.2) is 0 Å². The van der Waals surface area contributed by atoms with E-state index in [9.17, 15) is 0 Å². The summed E-state index contributed by atoms with van der Waals surface area (Å²) in [7, 11) is 0. The first-order valence-corrected chi connectivity index (χ1v) is 7.72. The number of rotatable bonds is 5. The number of benzene rings is 2. The highest BCUT2D eigenvalue weighted by atomic mass is 16.5. The lowest BCUT2D eigenvalue weighted by molar-refractivity contribution is 0.331. The molecule has 0 aliphatic heterocycles. The van der Waals surface area contributed by atoms with Crippen molar-refractivity contribution in [1.82, 2.24) is 0 Å². The van der Waals surface area contributed by atoms with Gasteiger partial charge >= 0.3 is 0 Å². The second kappa shape index (κ2) is 5.53. The SMILES string of the molecule is CCOc1ccc(C)cc1C(N)C1(c2ccccc2)CC1. The van der Waals surface area contributed by atoms with Crippen LogP contribution in [0.2, 0.25) is 0 Å². The Morgan fingerprint density at radius 1 is 1.14 bits per heavy atom. The molecule has 0 heterocycles. The molecule has 0 radical (unpaired) electrons. The second-order valence-electron chi connectivity index (χ2n) is 5.97. The Bertz CT molecular complexity index is 617. The molecule has 2 heteroatoms. The monoisotopic (exact) mass is 281 g/mol. The van der Waals surface area contributed by atoms with E-state index in [4.69, 9.17) is 10.5 Å². The molecule has 2 N–H and O–H groups in total. The van der Waals surface area contributed by atoms with E-state index in [1.54, 1.807) is 0 Å². The minimum absolute atomic E-state index is 0.0126. The Hall–Kier alpha value is -1.80. The maximum Gasteiger partial charge on any atom is 0.124 e. The maximum atomic E-state index is 6.69. The topological polar surface area (TPSA) is 35.2 Å². The number of nitrogens with two attached hydrogens (primary N) is 1. The van der Waals surface area contributed by atoms with Crippen LogP contribution in [-0.4, -0.2) is 6.61 Å². The Morgan fingerprint density at radius 3 is 2.48 bits per heavy atom. The van der Waals surface area contributed by atoms with Gasteiger partial charge in [-0.25, -0.2) is 0 Å². The van der Waals surface area contributed by atoms with Crippen LogP contribution in [-0.2, 0) is 5.41 Å². The van der Waals surface area contributed by atoms with Gasteiger partial charge in [0.2, 0.25) is 0 Å². The Balaban J connectivity index is 1.99. The van der Waals surface area contributed by atoms with Crippen LogP contribution >= 0.6 is 0 Å². The first kappa shape index (κ1) is 14.2. The minimum atomic E-state index is -0.0126. The van der Waals surface area contributed by atoms with E-state index in [0.29, 0.717) is 6.61 Å². The second-order valence-corrected chi connectivity index (χ2v) is 5.97. The molecule has 1 saturated carbocycles. The van der Waals surface area contributed by atoms with Crippen molar-refractivity contribution in [3.8, 4) is 5.75 Å². The summed E-state index contributed by atoms with van der Waals surface area (Å²) >= 11 is 0. The van der Waals surface area contributed by atoms with Crippen LogP contribution in [0.5, 0.6) is 5.75 Å². The molecule has 2 aromatic rings. The van der Waals surface area contributed by atoms with E-state index in [0.717, 1.165) is 24.2 Å². The number of ether oxygens (including phenoxy) is 1. The molecule has 0 spiro atoms. The van der Waals surface area contributed by atoms with Gasteiger partial charge in [-0.3, -0.25) is 0 Å². The van der Waals surface area contributed by atoms with Crippen LogP contribution in [0.1, 0.15) is 42.5 Å². The quantitative estimate of drug-likeness (QED) is 0.894. The largest absolute Gasteiger partial charge is 0.494 e. The summed E-state index contributed by atoms with van der Waals surface area (Å²) < 4.78 is 5.79. The molecule has 0 amide bonds. The number of hydrogen-bond donors (Lipinski definition) is 1. The van der Waals surface area contributed by atoms with Crippen LogP contribution in [0.15, 0.2) is 48.5 Å². The van der Waals surface area contributed by atoms with Crippen LogP contribution in [0.25, 0.3) is 0 Å². The van der Waals surface area contributed by atoms with E-state index in [1.807, 2.05) is 6.92 Å². The standard InChI is InChI=1S/C19H23NO/c1-3-21-17-10-9-14(2)13-16(17)18(20)19(11-12-19)15-7-5-4-6-8-15/h4-10,13,18H,3,11-12,20H2,1-2H3. The summed E-state index contributed by atoms with van der Waals surface area (Å²) in [6.45, 7) is 4.79.